The smallest absolute Gasteiger partial charge is 0.282 e. The summed E-state index contributed by atoms with van der Waals surface area (Å²) in [6.45, 7) is 2.55. The Balaban J connectivity index is 1.55. The Morgan fingerprint density at radius 3 is 2.42 bits per heavy atom. The van der Waals surface area contributed by atoms with E-state index < -0.39 is 11.8 Å². The number of benzene rings is 3. The molecule has 1 aliphatic heterocycles. The van der Waals surface area contributed by atoms with Crippen molar-refractivity contribution in [2.75, 3.05) is 11.6 Å². The first kappa shape index (κ1) is 22.7. The Hall–Kier alpha value is -3.48. The average molecular weight is 483 g/mol. The molecule has 0 aliphatic carbocycles. The zero-order chi connectivity index (χ0) is 23.4. The Morgan fingerprint density at radius 2 is 1.70 bits per heavy atom. The molecule has 0 radical (unpaired) electrons. The van der Waals surface area contributed by atoms with Crippen molar-refractivity contribution in [2.24, 2.45) is 0 Å². The van der Waals surface area contributed by atoms with Crippen LogP contribution >= 0.6 is 23.2 Å². The molecule has 1 heterocycles. The van der Waals surface area contributed by atoms with Gasteiger partial charge in [-0.25, -0.2) is 5.01 Å². The molecule has 0 spiro atoms. The number of para-hydroxylation sites is 1. The van der Waals surface area contributed by atoms with Crippen LogP contribution in [-0.2, 0) is 16.2 Å². The number of hydrogen-bond acceptors (Lipinski definition) is 4. The molecule has 0 atom stereocenters. The number of anilines is 1. The molecule has 3 aromatic carbocycles. The third-order valence-electron chi connectivity index (χ3n) is 4.86. The lowest BCUT2D eigenvalue weighted by Crippen LogP contribution is -2.35. The minimum Gasteiger partial charge on any atom is -0.490 e. The lowest BCUT2D eigenvalue weighted by atomic mass is 10.1. The molecular formula is C25H20Cl2N2O4. The van der Waals surface area contributed by atoms with Gasteiger partial charge in [-0.3, -0.25) is 15.0 Å². The lowest BCUT2D eigenvalue weighted by Gasteiger charge is -2.14. The van der Waals surface area contributed by atoms with Gasteiger partial charge >= 0.3 is 0 Å². The summed E-state index contributed by atoms with van der Waals surface area (Å²) in [4.78, 5) is 25.3. The van der Waals surface area contributed by atoms with Crippen molar-refractivity contribution in [1.82, 2.24) is 5.43 Å². The van der Waals surface area contributed by atoms with Gasteiger partial charge in [0.15, 0.2) is 11.5 Å². The van der Waals surface area contributed by atoms with Crippen LogP contribution in [0.1, 0.15) is 18.1 Å². The molecule has 8 heteroatoms. The van der Waals surface area contributed by atoms with Crippen molar-refractivity contribution >= 4 is 46.8 Å². The fourth-order valence-corrected chi connectivity index (χ4v) is 3.60. The highest BCUT2D eigenvalue weighted by molar-refractivity contribution is 6.42. The lowest BCUT2D eigenvalue weighted by molar-refractivity contribution is -0.117. The molecule has 1 aliphatic rings. The van der Waals surface area contributed by atoms with Crippen molar-refractivity contribution < 1.29 is 19.1 Å². The van der Waals surface area contributed by atoms with E-state index in [1.54, 1.807) is 54.6 Å². The third kappa shape index (κ3) is 5.13. The Labute approximate surface area is 201 Å². The predicted molar refractivity (Wildman–Crippen MR) is 128 cm³/mol. The standard InChI is InChI=1S/C25H20Cl2N2O4/c1-2-32-23-14-16(9-11-22(23)33-15-17-8-10-20(26)21(27)13-17)12-19-24(30)28-29(25(19)31)18-6-4-3-5-7-18/h3-14H,2,15H2,1H3,(H,28,30). The maximum Gasteiger partial charge on any atom is 0.282 e. The molecule has 3 aromatic rings. The summed E-state index contributed by atoms with van der Waals surface area (Å²) >= 11 is 12.0. The van der Waals surface area contributed by atoms with Gasteiger partial charge in [-0.15, -0.1) is 0 Å². The molecule has 1 fully saturated rings. The van der Waals surface area contributed by atoms with Gasteiger partial charge in [-0.1, -0.05) is 53.5 Å². The highest BCUT2D eigenvalue weighted by Gasteiger charge is 2.34. The molecule has 1 N–H and O–H groups in total. The molecule has 168 valence electrons. The van der Waals surface area contributed by atoms with Crippen molar-refractivity contribution in [3.05, 3.63) is 93.5 Å². The Morgan fingerprint density at radius 1 is 0.909 bits per heavy atom. The van der Waals surface area contributed by atoms with E-state index in [9.17, 15) is 9.59 Å². The van der Waals surface area contributed by atoms with Crippen molar-refractivity contribution in [2.45, 2.75) is 13.5 Å². The third-order valence-corrected chi connectivity index (χ3v) is 5.60. The minimum absolute atomic E-state index is 0.0331. The fourth-order valence-electron chi connectivity index (χ4n) is 3.28. The van der Waals surface area contributed by atoms with Crippen LogP contribution in [0.25, 0.3) is 6.08 Å². The fraction of sp³-hybridized carbons (Fsp3) is 0.120. The van der Waals surface area contributed by atoms with Gasteiger partial charge < -0.3 is 9.47 Å². The monoisotopic (exact) mass is 482 g/mol. The number of carbonyl (C=O) groups excluding carboxylic acids is 2. The largest absolute Gasteiger partial charge is 0.490 e. The highest BCUT2D eigenvalue weighted by atomic mass is 35.5. The maximum atomic E-state index is 12.8. The molecule has 0 aromatic heterocycles. The van der Waals surface area contributed by atoms with Gasteiger partial charge in [0.25, 0.3) is 11.8 Å². The number of halogens is 2. The quantitative estimate of drug-likeness (QED) is 0.360. The number of carbonyl (C=O) groups is 2. The van der Waals surface area contributed by atoms with Crippen LogP contribution in [0, 0.1) is 0 Å². The molecule has 1 saturated heterocycles. The number of rotatable bonds is 7. The first-order chi connectivity index (χ1) is 16.0. The van der Waals surface area contributed by atoms with Crippen LogP contribution in [0.2, 0.25) is 10.0 Å². The molecule has 0 saturated carbocycles. The van der Waals surface area contributed by atoms with E-state index in [1.807, 2.05) is 19.1 Å². The van der Waals surface area contributed by atoms with Crippen LogP contribution in [0.3, 0.4) is 0 Å². The summed E-state index contributed by atoms with van der Waals surface area (Å²) in [5, 5.41) is 2.16. The van der Waals surface area contributed by atoms with Gasteiger partial charge in [0.2, 0.25) is 0 Å². The number of ether oxygens (including phenoxy) is 2. The van der Waals surface area contributed by atoms with Gasteiger partial charge in [-0.2, -0.15) is 0 Å². The van der Waals surface area contributed by atoms with E-state index in [0.717, 1.165) is 5.56 Å². The molecule has 0 bridgehead atoms. The summed E-state index contributed by atoms with van der Waals surface area (Å²) < 4.78 is 11.6. The first-order valence-corrected chi connectivity index (χ1v) is 11.0. The van der Waals surface area contributed by atoms with Gasteiger partial charge in [0.05, 0.1) is 22.3 Å². The highest BCUT2D eigenvalue weighted by Crippen LogP contribution is 2.31. The second kappa shape index (κ2) is 9.98. The van der Waals surface area contributed by atoms with E-state index in [1.165, 1.54) is 11.1 Å². The molecule has 4 rings (SSSR count). The van der Waals surface area contributed by atoms with Crippen molar-refractivity contribution in [3.8, 4) is 11.5 Å². The first-order valence-electron chi connectivity index (χ1n) is 10.2. The summed E-state index contributed by atoms with van der Waals surface area (Å²) in [7, 11) is 0. The minimum atomic E-state index is -0.471. The van der Waals surface area contributed by atoms with E-state index in [0.29, 0.717) is 39.4 Å². The number of nitrogens with one attached hydrogen (secondary N) is 1. The summed E-state index contributed by atoms with van der Waals surface area (Å²) in [6.07, 6.45) is 1.53. The average Bonchev–Trinajstić information content (AvgIpc) is 3.10. The number of hydrogen-bond donors (Lipinski definition) is 1. The number of hydrazine groups is 1. The normalized spacial score (nSPS) is 14.5. The van der Waals surface area contributed by atoms with Crippen molar-refractivity contribution in [1.29, 1.82) is 0 Å². The topological polar surface area (TPSA) is 67.9 Å². The Kier molecular flexibility index (Phi) is 6.87. The zero-order valence-corrected chi connectivity index (χ0v) is 19.2. The molecule has 6 nitrogen and oxygen atoms in total. The van der Waals surface area contributed by atoms with E-state index >= 15 is 0 Å². The van der Waals surface area contributed by atoms with Crippen LogP contribution < -0.4 is 19.9 Å². The molecule has 2 amide bonds. The van der Waals surface area contributed by atoms with Crippen LogP contribution in [-0.4, -0.2) is 18.4 Å². The Bertz CT molecular complexity index is 1230. The number of amides is 2. The predicted octanol–water partition coefficient (Wildman–Crippen LogP) is 5.43. The number of nitrogens with zero attached hydrogens (tertiary/aromatic N) is 1. The molecule has 33 heavy (non-hydrogen) atoms. The van der Waals surface area contributed by atoms with Crippen molar-refractivity contribution in [3.63, 3.8) is 0 Å². The SMILES string of the molecule is CCOc1cc(C=C2C(=O)NN(c3ccccc3)C2=O)ccc1OCc1ccc(Cl)c(Cl)c1. The molecule has 0 unspecified atom stereocenters. The van der Waals surface area contributed by atoms with Crippen LogP contribution in [0.4, 0.5) is 5.69 Å². The zero-order valence-electron chi connectivity index (χ0n) is 17.7. The van der Waals surface area contributed by atoms with Gasteiger partial charge in [-0.05, 0) is 60.5 Å². The van der Waals surface area contributed by atoms with Crippen LogP contribution in [0.15, 0.2) is 72.3 Å². The second-order valence-electron chi connectivity index (χ2n) is 7.15. The van der Waals surface area contributed by atoms with E-state index in [-0.39, 0.29) is 12.2 Å². The van der Waals surface area contributed by atoms with Gasteiger partial charge in [0, 0.05) is 0 Å². The van der Waals surface area contributed by atoms with E-state index in [4.69, 9.17) is 32.7 Å². The summed E-state index contributed by atoms with van der Waals surface area (Å²) in [5.74, 6) is 0.127. The summed E-state index contributed by atoms with van der Waals surface area (Å²) in [5.41, 5.74) is 4.69. The van der Waals surface area contributed by atoms with Gasteiger partial charge in [0.1, 0.15) is 12.2 Å². The second-order valence-corrected chi connectivity index (χ2v) is 7.97. The molecular weight excluding hydrogens is 463 g/mol. The van der Waals surface area contributed by atoms with E-state index in [2.05, 4.69) is 5.43 Å². The summed E-state index contributed by atoms with van der Waals surface area (Å²) in [6, 6.07) is 19.4. The van der Waals surface area contributed by atoms with Crippen LogP contribution in [0.5, 0.6) is 11.5 Å². The maximum absolute atomic E-state index is 12.8.